The smallest absolute Gasteiger partial charge is 0.306 e. The molecule has 7 N–H and O–H groups in total. The molecule has 2 saturated heterocycles. The van der Waals surface area contributed by atoms with Gasteiger partial charge in [-0.1, -0.05) is 115 Å². The number of esters is 2. The summed E-state index contributed by atoms with van der Waals surface area (Å²) >= 11 is 0. The highest BCUT2D eigenvalue weighted by Gasteiger charge is 2.47. The molecule has 11 atom stereocenters. The van der Waals surface area contributed by atoms with Crippen LogP contribution < -0.4 is 0 Å². The van der Waals surface area contributed by atoms with E-state index in [0.717, 1.165) is 89.9 Å². The van der Waals surface area contributed by atoms with Crippen molar-refractivity contribution in [1.82, 2.24) is 0 Å². The molecule has 0 bridgehead atoms. The van der Waals surface area contributed by atoms with Crippen molar-refractivity contribution in [3.63, 3.8) is 0 Å². The van der Waals surface area contributed by atoms with E-state index in [0.29, 0.717) is 12.8 Å². The number of aliphatic hydroxyl groups is 7. The Labute approximate surface area is 394 Å². The molecule has 0 spiro atoms. The van der Waals surface area contributed by atoms with Gasteiger partial charge >= 0.3 is 11.9 Å². The Morgan fingerprint density at radius 3 is 1.65 bits per heavy atom. The fraction of sp³-hybridized carbons (Fsp3) is 0.784. The standard InChI is InChI=1S/C51H86O15/c1-3-5-7-9-11-13-15-17-19-21-23-25-27-29-31-33-42(53)61-36-39(64-43(54)34-32-30-28-26-24-22-20-18-16-14-12-10-8-6-4-2)37-62-50-49(60)47(58)45(56)41(66-50)38-63-51-48(59)46(57)44(55)40(35-52)65-51/h5,7,11,13,16-17,19-20,39-41,44-52,55-60H,3-4,6,8-10,12,14-15,21-38H2,1-2H3/b7-5+,13-11+,19-17+/t18?,39-,40-,41-,44+,45+,46?,47?,48?,49?,50-,51-/m1/s1. The average Bonchev–Trinajstić information content (AvgIpc) is 3.31. The molecule has 2 rings (SSSR count). The van der Waals surface area contributed by atoms with E-state index in [2.05, 4.69) is 68.2 Å². The lowest BCUT2D eigenvalue weighted by Crippen LogP contribution is -2.61. The van der Waals surface area contributed by atoms with Gasteiger partial charge in [0.1, 0.15) is 55.4 Å². The van der Waals surface area contributed by atoms with E-state index < -0.39 is 99.3 Å². The second-order valence-corrected chi connectivity index (χ2v) is 17.4. The number of unbranched alkanes of at least 4 members (excludes halogenated alkanes) is 15. The lowest BCUT2D eigenvalue weighted by atomic mass is 9.98. The van der Waals surface area contributed by atoms with Crippen LogP contribution in [0, 0.1) is 0 Å². The minimum absolute atomic E-state index is 0.139. The SMILES string of the molecule is CC/C=C/C/C=C/C/C=C/CCCCCCCC(=O)OC[C@H](CO[C@@H]1O[C@H](CO[C@@H]2O[C@H](CO)[C@H](O)C(O)C2O)[C@H](O)C(O)C1O)OC(=O)CCCCCCCC=C=CCCCCCCC. The first kappa shape index (κ1) is 59.4. The minimum Gasteiger partial charge on any atom is -0.462 e. The fourth-order valence-corrected chi connectivity index (χ4v) is 7.44. The molecule has 0 aliphatic carbocycles. The maximum absolute atomic E-state index is 13.0. The van der Waals surface area contributed by atoms with Gasteiger partial charge in [0.25, 0.3) is 0 Å². The van der Waals surface area contributed by atoms with E-state index in [1.54, 1.807) is 0 Å². The predicted molar refractivity (Wildman–Crippen MR) is 251 cm³/mol. The van der Waals surface area contributed by atoms with Crippen LogP contribution in [0.25, 0.3) is 0 Å². The van der Waals surface area contributed by atoms with Crippen molar-refractivity contribution in [3.05, 3.63) is 54.3 Å². The van der Waals surface area contributed by atoms with E-state index in [1.165, 1.54) is 32.1 Å². The predicted octanol–water partition coefficient (Wildman–Crippen LogP) is 6.47. The second-order valence-electron chi connectivity index (χ2n) is 17.4. The average molecular weight is 939 g/mol. The van der Waals surface area contributed by atoms with Gasteiger partial charge in [-0.25, -0.2) is 0 Å². The number of ether oxygens (including phenoxy) is 6. The van der Waals surface area contributed by atoms with E-state index in [9.17, 15) is 45.3 Å². The molecule has 0 saturated carbocycles. The van der Waals surface area contributed by atoms with Crippen molar-refractivity contribution >= 4 is 11.9 Å². The number of hydrogen-bond acceptors (Lipinski definition) is 15. The molecule has 66 heavy (non-hydrogen) atoms. The number of carbonyl (C=O) groups is 2. The van der Waals surface area contributed by atoms with Gasteiger partial charge < -0.3 is 64.2 Å². The maximum atomic E-state index is 13.0. The normalized spacial score (nSPS) is 26.2. The Kier molecular flexibility index (Phi) is 34.3. The van der Waals surface area contributed by atoms with Crippen molar-refractivity contribution < 1.29 is 73.8 Å². The van der Waals surface area contributed by atoms with Gasteiger partial charge in [-0.3, -0.25) is 9.59 Å². The van der Waals surface area contributed by atoms with E-state index in [1.807, 2.05) is 0 Å². The fourth-order valence-electron chi connectivity index (χ4n) is 7.44. The lowest BCUT2D eigenvalue weighted by Gasteiger charge is -2.42. The zero-order chi connectivity index (χ0) is 48.2. The Bertz CT molecular complexity index is 1390. The van der Waals surface area contributed by atoms with Gasteiger partial charge in [0.15, 0.2) is 18.7 Å². The monoisotopic (exact) mass is 939 g/mol. The summed E-state index contributed by atoms with van der Waals surface area (Å²) in [6, 6.07) is 0. The number of aliphatic hydroxyl groups excluding tert-OH is 7. The lowest BCUT2D eigenvalue weighted by molar-refractivity contribution is -0.332. The van der Waals surface area contributed by atoms with Crippen molar-refractivity contribution in [2.75, 3.05) is 26.4 Å². The number of carbonyl (C=O) groups excluding carboxylic acids is 2. The van der Waals surface area contributed by atoms with Crippen LogP contribution in [0.3, 0.4) is 0 Å². The molecule has 4 unspecified atom stereocenters. The maximum Gasteiger partial charge on any atom is 0.306 e. The highest BCUT2D eigenvalue weighted by molar-refractivity contribution is 5.70. The van der Waals surface area contributed by atoms with Crippen LogP contribution in [-0.2, 0) is 38.0 Å². The van der Waals surface area contributed by atoms with Crippen molar-refractivity contribution in [2.45, 2.75) is 229 Å². The third-order valence-corrected chi connectivity index (χ3v) is 11.6. The first-order valence-corrected chi connectivity index (χ1v) is 25.0. The Balaban J connectivity index is 1.84. The van der Waals surface area contributed by atoms with Gasteiger partial charge in [0.05, 0.1) is 19.8 Å². The summed E-state index contributed by atoms with van der Waals surface area (Å²) in [5, 5.41) is 72.0. The van der Waals surface area contributed by atoms with Crippen LogP contribution in [0.5, 0.6) is 0 Å². The molecule has 15 nitrogen and oxygen atoms in total. The van der Waals surface area contributed by atoms with Crippen LogP contribution >= 0.6 is 0 Å². The highest BCUT2D eigenvalue weighted by atomic mass is 16.7. The van der Waals surface area contributed by atoms with Crippen LogP contribution in [-0.4, -0.2) is 142 Å². The summed E-state index contributed by atoms with van der Waals surface area (Å²) in [6.45, 7) is 2.40. The molecular formula is C51H86O15. The summed E-state index contributed by atoms with van der Waals surface area (Å²) in [5.74, 6) is -0.970. The summed E-state index contributed by atoms with van der Waals surface area (Å²) in [6.07, 6.45) is 22.1. The molecule has 0 aromatic carbocycles. The Hall–Kier alpha value is -2.76. The second kappa shape index (κ2) is 38.1. The first-order chi connectivity index (χ1) is 32.0. The molecule has 2 aliphatic heterocycles. The Morgan fingerprint density at radius 1 is 0.545 bits per heavy atom. The quantitative estimate of drug-likeness (QED) is 0.0153. The van der Waals surface area contributed by atoms with Crippen molar-refractivity contribution in [1.29, 1.82) is 0 Å². The van der Waals surface area contributed by atoms with Gasteiger partial charge in [0, 0.05) is 12.8 Å². The molecule has 0 aromatic rings. The van der Waals surface area contributed by atoms with Gasteiger partial charge in [-0.2, -0.15) is 0 Å². The molecule has 2 heterocycles. The summed E-state index contributed by atoms with van der Waals surface area (Å²) in [4.78, 5) is 25.7. The van der Waals surface area contributed by atoms with E-state index in [-0.39, 0.29) is 19.4 Å². The van der Waals surface area contributed by atoms with Gasteiger partial charge in [-0.05, 0) is 82.8 Å². The van der Waals surface area contributed by atoms with E-state index >= 15 is 0 Å². The van der Waals surface area contributed by atoms with Gasteiger partial charge in [-0.15, -0.1) is 5.73 Å². The molecule has 0 amide bonds. The number of hydrogen-bond donors (Lipinski definition) is 7. The van der Waals surface area contributed by atoms with Crippen molar-refractivity contribution in [3.8, 4) is 0 Å². The highest BCUT2D eigenvalue weighted by Crippen LogP contribution is 2.26. The van der Waals surface area contributed by atoms with Gasteiger partial charge in [0.2, 0.25) is 0 Å². The van der Waals surface area contributed by atoms with Crippen LogP contribution in [0.2, 0.25) is 0 Å². The molecular weight excluding hydrogens is 853 g/mol. The van der Waals surface area contributed by atoms with E-state index in [4.69, 9.17) is 28.4 Å². The number of rotatable bonds is 37. The Morgan fingerprint density at radius 2 is 1.05 bits per heavy atom. The molecule has 2 fully saturated rings. The molecule has 2 aliphatic rings. The zero-order valence-electron chi connectivity index (χ0n) is 40.0. The summed E-state index contributed by atoms with van der Waals surface area (Å²) in [5.41, 5.74) is 3.28. The van der Waals surface area contributed by atoms with Crippen molar-refractivity contribution in [2.24, 2.45) is 0 Å². The molecule has 15 heteroatoms. The zero-order valence-corrected chi connectivity index (χ0v) is 40.0. The molecule has 380 valence electrons. The summed E-state index contributed by atoms with van der Waals surface area (Å²) < 4.78 is 33.5. The number of allylic oxidation sites excluding steroid dienone is 7. The minimum atomic E-state index is -1.77. The third-order valence-electron chi connectivity index (χ3n) is 11.6. The molecule has 0 aromatic heterocycles. The third kappa shape index (κ3) is 26.1. The molecule has 0 radical (unpaired) electrons. The van der Waals surface area contributed by atoms with Crippen LogP contribution in [0.4, 0.5) is 0 Å². The first-order valence-electron chi connectivity index (χ1n) is 25.0. The summed E-state index contributed by atoms with van der Waals surface area (Å²) in [7, 11) is 0. The van der Waals surface area contributed by atoms with Crippen LogP contribution in [0.15, 0.2) is 54.3 Å². The largest absolute Gasteiger partial charge is 0.462 e. The topological polar surface area (TPSA) is 231 Å². The van der Waals surface area contributed by atoms with Crippen LogP contribution in [0.1, 0.15) is 162 Å².